The van der Waals surface area contributed by atoms with Gasteiger partial charge in [0.2, 0.25) is 0 Å². The number of benzene rings is 1. The van der Waals surface area contributed by atoms with Crippen LogP contribution in [0.2, 0.25) is 0 Å². The van der Waals surface area contributed by atoms with Crippen LogP contribution in [0.1, 0.15) is 12.5 Å². The fourth-order valence-electron chi connectivity index (χ4n) is 2.05. The average Bonchev–Trinajstić information content (AvgIpc) is 2.96. The molecular weight excluding hydrogens is 316 g/mol. The Morgan fingerprint density at radius 2 is 2.04 bits per heavy atom. The first-order valence-corrected chi connectivity index (χ1v) is 7.20. The molecule has 0 saturated heterocycles. The molecule has 2 aromatic rings. The minimum absolute atomic E-state index is 0.0586. The molecule has 1 heterocycles. The van der Waals surface area contributed by atoms with E-state index in [9.17, 15) is 14.4 Å². The van der Waals surface area contributed by atoms with Gasteiger partial charge in [-0.3, -0.25) is 14.9 Å². The second-order valence-corrected chi connectivity index (χ2v) is 5.00. The lowest BCUT2D eigenvalue weighted by atomic mass is 10.1. The quantitative estimate of drug-likeness (QED) is 0.800. The number of carbonyl (C=O) groups excluding carboxylic acids is 3. The van der Waals surface area contributed by atoms with E-state index in [1.807, 2.05) is 5.32 Å². The fourth-order valence-corrected chi connectivity index (χ4v) is 2.05. The Kier molecular flexibility index (Phi) is 5.41. The van der Waals surface area contributed by atoms with Crippen LogP contribution in [0.4, 0.5) is 4.79 Å². The third kappa shape index (κ3) is 4.03. The van der Waals surface area contributed by atoms with Crippen molar-refractivity contribution in [1.29, 1.82) is 0 Å². The number of ether oxygens (including phenoxy) is 2. The molecule has 0 saturated carbocycles. The van der Waals surface area contributed by atoms with Gasteiger partial charge in [-0.05, 0) is 19.1 Å². The highest BCUT2D eigenvalue weighted by Gasteiger charge is 2.20. The van der Waals surface area contributed by atoms with Crippen LogP contribution in [-0.2, 0) is 20.7 Å². The van der Waals surface area contributed by atoms with E-state index >= 15 is 0 Å². The summed E-state index contributed by atoms with van der Waals surface area (Å²) in [7, 11) is 2.92. The number of methoxy groups -OCH3 is 1. The van der Waals surface area contributed by atoms with Gasteiger partial charge in [-0.1, -0.05) is 0 Å². The van der Waals surface area contributed by atoms with Gasteiger partial charge in [0.05, 0.1) is 19.8 Å². The molecule has 0 radical (unpaired) electrons. The van der Waals surface area contributed by atoms with Gasteiger partial charge in [0.15, 0.2) is 6.10 Å². The number of amides is 3. The van der Waals surface area contributed by atoms with Gasteiger partial charge in [-0.2, -0.15) is 0 Å². The van der Waals surface area contributed by atoms with Gasteiger partial charge in [0.25, 0.3) is 5.91 Å². The lowest BCUT2D eigenvalue weighted by Gasteiger charge is -2.12. The van der Waals surface area contributed by atoms with Crippen molar-refractivity contribution in [1.82, 2.24) is 10.6 Å². The molecular formula is C16H18N2O6. The molecule has 0 fully saturated rings. The van der Waals surface area contributed by atoms with Crippen molar-refractivity contribution in [2.24, 2.45) is 0 Å². The monoisotopic (exact) mass is 334 g/mol. The molecule has 0 aliphatic heterocycles. The second kappa shape index (κ2) is 7.49. The number of furan rings is 1. The summed E-state index contributed by atoms with van der Waals surface area (Å²) in [5.41, 5.74) is 1.22. The van der Waals surface area contributed by atoms with E-state index in [2.05, 4.69) is 5.32 Å². The molecule has 24 heavy (non-hydrogen) atoms. The standard InChI is InChI=1S/C16H18N2O6/c1-9(15(20)18-16(21)17-2)24-14(19)6-10-8-23-13-7-11(22-3)4-5-12(10)13/h4-5,7-9H,6H2,1-3H3,(H2,17,18,20,21)/t9-/m0/s1. The summed E-state index contributed by atoms with van der Waals surface area (Å²) < 4.78 is 15.5. The van der Waals surface area contributed by atoms with Crippen molar-refractivity contribution in [2.75, 3.05) is 14.2 Å². The number of hydrogen-bond donors (Lipinski definition) is 2. The third-order valence-corrected chi connectivity index (χ3v) is 3.34. The van der Waals surface area contributed by atoms with Gasteiger partial charge >= 0.3 is 12.0 Å². The van der Waals surface area contributed by atoms with E-state index in [4.69, 9.17) is 13.9 Å². The SMILES string of the molecule is CNC(=O)NC(=O)[C@H](C)OC(=O)Cc1coc2cc(OC)ccc12. The highest BCUT2D eigenvalue weighted by molar-refractivity contribution is 5.97. The van der Waals surface area contributed by atoms with Gasteiger partial charge < -0.3 is 19.2 Å². The summed E-state index contributed by atoms with van der Waals surface area (Å²) in [5.74, 6) is -0.664. The van der Waals surface area contributed by atoms with E-state index in [0.717, 1.165) is 5.39 Å². The largest absolute Gasteiger partial charge is 0.497 e. The van der Waals surface area contributed by atoms with Crippen molar-refractivity contribution in [3.8, 4) is 5.75 Å². The highest BCUT2D eigenvalue weighted by Crippen LogP contribution is 2.26. The Balaban J connectivity index is 1.99. The third-order valence-electron chi connectivity index (χ3n) is 3.34. The highest BCUT2D eigenvalue weighted by atomic mass is 16.5. The predicted octanol–water partition coefficient (Wildman–Crippen LogP) is 1.37. The average molecular weight is 334 g/mol. The molecule has 128 valence electrons. The molecule has 0 aliphatic rings. The maximum atomic E-state index is 12.0. The summed E-state index contributed by atoms with van der Waals surface area (Å²) in [5, 5.41) is 5.03. The van der Waals surface area contributed by atoms with Crippen LogP contribution in [0.5, 0.6) is 5.75 Å². The van der Waals surface area contributed by atoms with Gasteiger partial charge in [-0.25, -0.2) is 4.79 Å². The lowest BCUT2D eigenvalue weighted by Crippen LogP contribution is -2.43. The molecule has 0 bridgehead atoms. The Bertz CT molecular complexity index is 767. The number of hydrogen-bond acceptors (Lipinski definition) is 6. The zero-order chi connectivity index (χ0) is 17.7. The van der Waals surface area contributed by atoms with Gasteiger partial charge in [0, 0.05) is 24.1 Å². The Labute approximate surface area is 138 Å². The molecule has 8 heteroatoms. The number of imide groups is 1. The summed E-state index contributed by atoms with van der Waals surface area (Å²) in [6.45, 7) is 1.38. The number of rotatable bonds is 5. The topological polar surface area (TPSA) is 107 Å². The maximum Gasteiger partial charge on any atom is 0.321 e. The maximum absolute atomic E-state index is 12.0. The van der Waals surface area contributed by atoms with Crippen LogP contribution in [-0.4, -0.2) is 38.2 Å². The molecule has 8 nitrogen and oxygen atoms in total. The molecule has 2 rings (SSSR count). The van der Waals surface area contributed by atoms with Crippen LogP contribution in [0.15, 0.2) is 28.9 Å². The molecule has 1 aromatic heterocycles. The minimum Gasteiger partial charge on any atom is -0.497 e. The number of nitrogens with one attached hydrogen (secondary N) is 2. The normalized spacial score (nSPS) is 11.6. The summed E-state index contributed by atoms with van der Waals surface area (Å²) in [4.78, 5) is 34.7. The van der Waals surface area contributed by atoms with Crippen LogP contribution >= 0.6 is 0 Å². The number of esters is 1. The molecule has 1 atom stereocenters. The lowest BCUT2D eigenvalue weighted by molar-refractivity contribution is -0.153. The molecule has 3 amide bonds. The van der Waals surface area contributed by atoms with Gasteiger partial charge in [-0.15, -0.1) is 0 Å². The van der Waals surface area contributed by atoms with E-state index in [-0.39, 0.29) is 6.42 Å². The van der Waals surface area contributed by atoms with Crippen molar-refractivity contribution >= 4 is 28.9 Å². The van der Waals surface area contributed by atoms with Gasteiger partial charge in [0.1, 0.15) is 11.3 Å². The van der Waals surface area contributed by atoms with Crippen LogP contribution < -0.4 is 15.4 Å². The van der Waals surface area contributed by atoms with E-state index in [1.54, 1.807) is 25.3 Å². The Morgan fingerprint density at radius 3 is 2.71 bits per heavy atom. The first-order chi connectivity index (χ1) is 11.4. The zero-order valence-corrected chi connectivity index (χ0v) is 13.5. The first kappa shape index (κ1) is 17.3. The fraction of sp³-hybridized carbons (Fsp3) is 0.312. The van der Waals surface area contributed by atoms with Crippen molar-refractivity contribution < 1.29 is 28.3 Å². The minimum atomic E-state index is -1.09. The number of carbonyl (C=O) groups is 3. The Morgan fingerprint density at radius 1 is 1.29 bits per heavy atom. The molecule has 0 spiro atoms. The summed E-state index contributed by atoms with van der Waals surface area (Å²) in [6, 6.07) is 4.58. The Hall–Kier alpha value is -3.03. The first-order valence-electron chi connectivity index (χ1n) is 7.20. The van der Waals surface area contributed by atoms with Crippen molar-refractivity contribution in [3.63, 3.8) is 0 Å². The smallest absolute Gasteiger partial charge is 0.321 e. The summed E-state index contributed by atoms with van der Waals surface area (Å²) >= 11 is 0. The van der Waals surface area contributed by atoms with E-state index in [0.29, 0.717) is 16.9 Å². The molecule has 1 aromatic carbocycles. The molecule has 0 unspecified atom stereocenters. The van der Waals surface area contributed by atoms with Crippen LogP contribution in [0.25, 0.3) is 11.0 Å². The van der Waals surface area contributed by atoms with E-state index in [1.165, 1.54) is 20.2 Å². The van der Waals surface area contributed by atoms with Crippen LogP contribution in [0, 0.1) is 0 Å². The second-order valence-electron chi connectivity index (χ2n) is 5.00. The number of urea groups is 1. The zero-order valence-electron chi connectivity index (χ0n) is 13.5. The number of fused-ring (bicyclic) bond motifs is 1. The van der Waals surface area contributed by atoms with E-state index < -0.39 is 24.0 Å². The molecule has 2 N–H and O–H groups in total. The summed E-state index contributed by atoms with van der Waals surface area (Å²) in [6.07, 6.45) is 0.311. The van der Waals surface area contributed by atoms with Crippen molar-refractivity contribution in [2.45, 2.75) is 19.4 Å². The predicted molar refractivity (Wildman–Crippen MR) is 84.6 cm³/mol. The van der Waals surface area contributed by atoms with Crippen LogP contribution in [0.3, 0.4) is 0 Å². The van der Waals surface area contributed by atoms with Crippen molar-refractivity contribution in [3.05, 3.63) is 30.0 Å². The molecule has 0 aliphatic carbocycles.